The molecule has 0 atom stereocenters. The number of hydrogen-bond donors (Lipinski definition) is 2. The third kappa shape index (κ3) is 6.23. The van der Waals surface area contributed by atoms with E-state index in [0.29, 0.717) is 41.3 Å². The Kier molecular flexibility index (Phi) is 8.16. The number of thiophene rings is 1. The first-order chi connectivity index (χ1) is 18.2. The number of rotatable bonds is 7. The Balaban J connectivity index is 1.35. The van der Waals surface area contributed by atoms with Crippen LogP contribution in [0.15, 0.2) is 42.6 Å². The monoisotopic (exact) mass is 543 g/mol. The number of pyridine rings is 1. The van der Waals surface area contributed by atoms with Crippen LogP contribution in [0.5, 0.6) is 5.75 Å². The normalized spacial score (nSPS) is 12.9. The first-order valence-corrected chi connectivity index (χ1v) is 12.5. The summed E-state index contributed by atoms with van der Waals surface area (Å²) in [5.41, 5.74) is 1.57. The topological polar surface area (TPSA) is 107 Å². The number of aromatic nitrogens is 1. The van der Waals surface area contributed by atoms with E-state index in [0.717, 1.165) is 28.3 Å². The number of aryl methyl sites for hydroxylation is 1. The Morgan fingerprint density at radius 1 is 1.24 bits per heavy atom. The molecule has 2 N–H and O–H groups in total. The molecule has 0 spiro atoms. The lowest BCUT2D eigenvalue weighted by Crippen LogP contribution is -2.42. The van der Waals surface area contributed by atoms with Gasteiger partial charge in [0.25, 0.3) is 0 Å². The van der Waals surface area contributed by atoms with Gasteiger partial charge in [-0.1, -0.05) is 24.3 Å². The average molecular weight is 544 g/mol. The summed E-state index contributed by atoms with van der Waals surface area (Å²) < 4.78 is 43.3. The number of amides is 3. The van der Waals surface area contributed by atoms with Crippen molar-refractivity contribution in [2.45, 2.75) is 38.5 Å². The van der Waals surface area contributed by atoms with Gasteiger partial charge in [-0.2, -0.15) is 18.4 Å². The van der Waals surface area contributed by atoms with E-state index in [9.17, 15) is 28.0 Å². The number of nitrogens with zero attached hydrogens (tertiary/aromatic N) is 3. The summed E-state index contributed by atoms with van der Waals surface area (Å²) >= 11 is 1.27. The molecule has 12 heteroatoms. The van der Waals surface area contributed by atoms with Gasteiger partial charge in [0.1, 0.15) is 22.5 Å². The van der Waals surface area contributed by atoms with Crippen LogP contribution in [0.1, 0.15) is 39.2 Å². The zero-order chi connectivity index (χ0) is 27.3. The van der Waals surface area contributed by atoms with Crippen LogP contribution in [-0.2, 0) is 36.9 Å². The van der Waals surface area contributed by atoms with Crippen molar-refractivity contribution in [3.05, 3.63) is 75.4 Å². The third-order valence-electron chi connectivity index (χ3n) is 6.08. The molecule has 38 heavy (non-hydrogen) atoms. The van der Waals surface area contributed by atoms with E-state index in [-0.39, 0.29) is 31.4 Å². The molecule has 2 aromatic heterocycles. The van der Waals surface area contributed by atoms with Crippen molar-refractivity contribution in [3.8, 4) is 11.8 Å². The first-order valence-electron chi connectivity index (χ1n) is 11.7. The molecule has 0 unspecified atom stereocenters. The molecular formula is C26H24F3N5O3S. The fraction of sp³-hybridized carbons (Fsp3) is 0.308. The lowest BCUT2D eigenvalue weighted by Gasteiger charge is -2.27. The Bertz CT molecular complexity index is 1370. The highest BCUT2D eigenvalue weighted by Crippen LogP contribution is 2.37. The van der Waals surface area contributed by atoms with E-state index in [4.69, 9.17) is 4.74 Å². The highest BCUT2D eigenvalue weighted by Gasteiger charge is 2.32. The number of para-hydroxylation sites is 1. The van der Waals surface area contributed by atoms with Crippen LogP contribution in [0.3, 0.4) is 0 Å². The highest BCUT2D eigenvalue weighted by atomic mass is 32.1. The van der Waals surface area contributed by atoms with Crippen LogP contribution in [0, 0.1) is 11.3 Å². The molecule has 1 aromatic carbocycles. The van der Waals surface area contributed by atoms with Gasteiger partial charge in [0.2, 0.25) is 5.91 Å². The van der Waals surface area contributed by atoms with Gasteiger partial charge in [0.15, 0.2) is 0 Å². The van der Waals surface area contributed by atoms with Crippen molar-refractivity contribution in [2.24, 2.45) is 0 Å². The molecule has 198 valence electrons. The van der Waals surface area contributed by atoms with E-state index in [1.807, 2.05) is 24.3 Å². The number of urea groups is 1. The Labute approximate surface area is 221 Å². The number of carbonyl (C=O) groups is 2. The second-order valence-electron chi connectivity index (χ2n) is 8.56. The first kappa shape index (κ1) is 26.9. The van der Waals surface area contributed by atoms with Gasteiger partial charge in [0.05, 0.1) is 19.2 Å². The zero-order valence-corrected chi connectivity index (χ0v) is 21.2. The maximum atomic E-state index is 12.7. The molecule has 3 aromatic rings. The molecule has 3 amide bonds. The fourth-order valence-electron chi connectivity index (χ4n) is 4.12. The summed E-state index contributed by atoms with van der Waals surface area (Å²) in [7, 11) is 1.57. The minimum atomic E-state index is -4.52. The minimum Gasteiger partial charge on any atom is -0.496 e. The Morgan fingerprint density at radius 2 is 2.03 bits per heavy atom. The molecule has 0 saturated heterocycles. The Hall–Kier alpha value is -4.11. The molecule has 3 heterocycles. The van der Waals surface area contributed by atoms with Crippen molar-refractivity contribution >= 4 is 28.3 Å². The molecule has 0 bridgehead atoms. The molecule has 0 fully saturated rings. The molecule has 0 radical (unpaired) electrons. The van der Waals surface area contributed by atoms with E-state index in [2.05, 4.69) is 21.7 Å². The van der Waals surface area contributed by atoms with E-state index < -0.39 is 11.9 Å². The number of nitrogens with one attached hydrogen (secondary N) is 2. The lowest BCUT2D eigenvalue weighted by atomic mass is 10.0. The van der Waals surface area contributed by atoms with Gasteiger partial charge in [-0.3, -0.25) is 9.78 Å². The van der Waals surface area contributed by atoms with Gasteiger partial charge in [-0.25, -0.2) is 4.79 Å². The maximum absolute atomic E-state index is 12.7. The van der Waals surface area contributed by atoms with Crippen molar-refractivity contribution in [2.75, 3.05) is 19.0 Å². The molecule has 8 nitrogen and oxygen atoms in total. The van der Waals surface area contributed by atoms with Gasteiger partial charge in [0, 0.05) is 30.6 Å². The van der Waals surface area contributed by atoms with Crippen molar-refractivity contribution in [1.82, 2.24) is 15.2 Å². The second kappa shape index (κ2) is 11.5. The second-order valence-corrected chi connectivity index (χ2v) is 9.66. The van der Waals surface area contributed by atoms with Crippen LogP contribution in [0.25, 0.3) is 0 Å². The third-order valence-corrected chi connectivity index (χ3v) is 7.21. The predicted molar refractivity (Wildman–Crippen MR) is 135 cm³/mol. The number of nitriles is 1. The quantitative estimate of drug-likeness (QED) is 0.442. The summed E-state index contributed by atoms with van der Waals surface area (Å²) in [5.74, 6) is 0.475. The smallest absolute Gasteiger partial charge is 0.433 e. The summed E-state index contributed by atoms with van der Waals surface area (Å²) in [6.07, 6.45) is -2.31. The predicted octanol–water partition coefficient (Wildman–Crippen LogP) is 4.88. The fourth-order valence-corrected chi connectivity index (χ4v) is 5.35. The van der Waals surface area contributed by atoms with Gasteiger partial charge >= 0.3 is 12.2 Å². The summed E-state index contributed by atoms with van der Waals surface area (Å²) in [6.45, 7) is 0.633. The van der Waals surface area contributed by atoms with Crippen LogP contribution < -0.4 is 15.4 Å². The van der Waals surface area contributed by atoms with E-state index >= 15 is 0 Å². The van der Waals surface area contributed by atoms with Gasteiger partial charge in [-0.15, -0.1) is 11.3 Å². The molecule has 0 aliphatic carbocycles. The number of alkyl halides is 3. The van der Waals surface area contributed by atoms with Gasteiger partial charge < -0.3 is 20.3 Å². The van der Waals surface area contributed by atoms with Gasteiger partial charge in [-0.05, 0) is 41.7 Å². The Morgan fingerprint density at radius 3 is 2.71 bits per heavy atom. The van der Waals surface area contributed by atoms with Crippen molar-refractivity contribution < 1.29 is 27.5 Å². The minimum absolute atomic E-state index is 0.0225. The number of anilines is 1. The lowest BCUT2D eigenvalue weighted by molar-refractivity contribution is -0.141. The SMILES string of the molecule is COc1ccccc1CCC(=O)Nc1sc2c(c1C#N)CCN(C(=O)NCc1ccc(C(F)(F)F)nc1)C2. The van der Waals surface area contributed by atoms with Crippen molar-refractivity contribution in [3.63, 3.8) is 0 Å². The summed E-state index contributed by atoms with van der Waals surface area (Å²) in [4.78, 5) is 31.1. The number of hydrogen-bond acceptors (Lipinski definition) is 6. The largest absolute Gasteiger partial charge is 0.496 e. The standard InChI is InChI=1S/C26H24F3N5O3S/c1-37-20-5-3-2-4-17(20)7-9-23(35)33-24-19(12-30)18-10-11-34(15-21(18)38-24)25(36)32-14-16-6-8-22(31-13-16)26(27,28)29/h2-6,8,13H,7,9-11,14-15H2,1H3,(H,32,36)(H,33,35). The van der Waals surface area contributed by atoms with Crippen LogP contribution in [0.4, 0.5) is 23.0 Å². The summed E-state index contributed by atoms with van der Waals surface area (Å²) in [6, 6.07) is 11.4. The van der Waals surface area contributed by atoms with E-state index in [1.54, 1.807) is 12.0 Å². The number of halogens is 3. The molecule has 4 rings (SSSR count). The number of fused-ring (bicyclic) bond motifs is 1. The zero-order valence-electron chi connectivity index (χ0n) is 20.4. The number of methoxy groups -OCH3 is 1. The average Bonchev–Trinajstić information content (AvgIpc) is 3.26. The number of benzene rings is 1. The van der Waals surface area contributed by atoms with Crippen LogP contribution in [0.2, 0.25) is 0 Å². The molecule has 1 aliphatic heterocycles. The molecule has 1 aliphatic rings. The highest BCUT2D eigenvalue weighted by molar-refractivity contribution is 7.16. The van der Waals surface area contributed by atoms with Crippen LogP contribution >= 0.6 is 11.3 Å². The molecular weight excluding hydrogens is 519 g/mol. The van der Waals surface area contributed by atoms with Crippen molar-refractivity contribution in [1.29, 1.82) is 5.26 Å². The molecule has 0 saturated carbocycles. The number of ether oxygens (including phenoxy) is 1. The van der Waals surface area contributed by atoms with Crippen LogP contribution in [-0.4, -0.2) is 35.5 Å². The number of carbonyl (C=O) groups excluding carboxylic acids is 2. The summed E-state index contributed by atoms with van der Waals surface area (Å²) in [5, 5.41) is 15.7. The van der Waals surface area contributed by atoms with E-state index in [1.165, 1.54) is 17.4 Å². The maximum Gasteiger partial charge on any atom is 0.433 e.